The van der Waals surface area contributed by atoms with E-state index in [-0.39, 0.29) is 0 Å². The summed E-state index contributed by atoms with van der Waals surface area (Å²) in [5.41, 5.74) is 2.85. The minimum atomic E-state index is -1.55. The van der Waals surface area contributed by atoms with E-state index in [0.29, 0.717) is 12.1 Å². The average Bonchev–Trinajstić information content (AvgIpc) is 3.06. The van der Waals surface area contributed by atoms with E-state index in [1.807, 2.05) is 0 Å². The number of aliphatic imine (C=N–C) groups is 2. The van der Waals surface area contributed by atoms with Crippen LogP contribution in [0, 0.1) is 47.3 Å². The predicted molar refractivity (Wildman–Crippen MR) is 211 cm³/mol. The van der Waals surface area contributed by atoms with Gasteiger partial charge in [-0.05, 0) is 151 Å². The fourth-order valence-electron chi connectivity index (χ4n) is 11.9. The van der Waals surface area contributed by atoms with Crippen LogP contribution >= 0.6 is 0 Å². The lowest BCUT2D eigenvalue weighted by atomic mass is 9.57. The molecule has 0 spiro atoms. The van der Waals surface area contributed by atoms with Crippen LogP contribution in [0.3, 0.4) is 0 Å². The maximum Gasteiger partial charge on any atom is 0.183 e. The summed E-state index contributed by atoms with van der Waals surface area (Å²) in [5.74, 6) is 6.89. The van der Waals surface area contributed by atoms with Gasteiger partial charge in [-0.2, -0.15) is 0 Å². The predicted octanol–water partition coefficient (Wildman–Crippen LogP) is 11.9. The van der Waals surface area contributed by atoms with Gasteiger partial charge in [0.2, 0.25) is 0 Å². The van der Waals surface area contributed by atoms with E-state index in [1.54, 1.807) is 0 Å². The van der Waals surface area contributed by atoms with Crippen LogP contribution in [-0.4, -0.2) is 53.4 Å². The molecule has 8 atom stereocenters. The van der Waals surface area contributed by atoms with Crippen LogP contribution in [0.25, 0.3) is 0 Å². The van der Waals surface area contributed by atoms with Crippen LogP contribution < -0.4 is 0 Å². The van der Waals surface area contributed by atoms with E-state index in [4.69, 9.17) is 18.8 Å². The first-order valence-corrected chi connectivity index (χ1v) is 28.3. The highest BCUT2D eigenvalue weighted by atomic mass is 28.4. The van der Waals surface area contributed by atoms with Gasteiger partial charge in [-0.15, -0.1) is 0 Å². The van der Waals surface area contributed by atoms with Crippen molar-refractivity contribution in [3.63, 3.8) is 0 Å². The van der Waals surface area contributed by atoms with Gasteiger partial charge in [-0.1, -0.05) is 77.0 Å². The van der Waals surface area contributed by atoms with Crippen molar-refractivity contribution in [2.75, 3.05) is 13.2 Å². The first-order chi connectivity index (χ1) is 23.1. The lowest BCUT2D eigenvalue weighted by Crippen LogP contribution is -2.47. The smallest absolute Gasteiger partial charge is 0.183 e. The third-order valence-corrected chi connectivity index (χ3v) is 16.1. The van der Waals surface area contributed by atoms with Crippen molar-refractivity contribution in [1.29, 1.82) is 0 Å². The molecule has 6 fully saturated rings. The van der Waals surface area contributed by atoms with E-state index < -0.39 is 16.6 Å². The third kappa shape index (κ3) is 9.97. The van der Waals surface area contributed by atoms with Gasteiger partial charge in [0.1, 0.15) is 0 Å². The minimum absolute atomic E-state index is 0.530. The van der Waals surface area contributed by atoms with Crippen LogP contribution in [0.15, 0.2) is 9.98 Å². The highest BCUT2D eigenvalue weighted by molar-refractivity contribution is 6.70. The number of rotatable bonds is 13. The van der Waals surface area contributed by atoms with Gasteiger partial charge in [-0.3, -0.25) is 9.98 Å². The molecule has 0 aliphatic heterocycles. The molecular weight excluding hydrogens is 621 g/mol. The summed E-state index contributed by atoms with van der Waals surface area (Å²) in [6.45, 7) is 15.8. The summed E-state index contributed by atoms with van der Waals surface area (Å²) in [4.78, 5) is 12.3. The number of hydrogen-bond donors (Lipinski definition) is 0. The third-order valence-electron chi connectivity index (χ3n) is 14.0. The molecule has 6 heteroatoms. The molecule has 0 aromatic carbocycles. The monoisotopic (exact) mass is 697 g/mol. The molecule has 6 aliphatic carbocycles. The normalized spacial score (nSPS) is 38.0. The van der Waals surface area contributed by atoms with E-state index >= 15 is 0 Å². The molecule has 8 unspecified atom stereocenters. The van der Waals surface area contributed by atoms with Crippen molar-refractivity contribution in [2.45, 2.75) is 193 Å². The fraction of sp³-hybridized carbons (Fsp3) is 0.952. The Bertz CT molecular complexity index is 950. The molecule has 0 radical (unpaired) electrons. The van der Waals surface area contributed by atoms with Gasteiger partial charge < -0.3 is 8.85 Å². The maximum absolute atomic E-state index is 6.48. The summed E-state index contributed by atoms with van der Waals surface area (Å²) in [6.07, 6.45) is 30.3. The Labute approximate surface area is 299 Å². The van der Waals surface area contributed by atoms with Crippen molar-refractivity contribution < 1.29 is 8.85 Å². The molecule has 6 aliphatic rings. The van der Waals surface area contributed by atoms with Gasteiger partial charge in [0.25, 0.3) is 0 Å². The zero-order valence-electron chi connectivity index (χ0n) is 32.5. The van der Waals surface area contributed by atoms with Gasteiger partial charge in [0, 0.05) is 13.2 Å². The zero-order valence-corrected chi connectivity index (χ0v) is 34.5. The highest BCUT2D eigenvalue weighted by Crippen LogP contribution is 2.53. The van der Waals surface area contributed by atoms with Gasteiger partial charge in [0.05, 0.1) is 23.5 Å². The lowest BCUT2D eigenvalue weighted by molar-refractivity contribution is 0.0301. The quantitative estimate of drug-likeness (QED) is 0.109. The Kier molecular flexibility index (Phi) is 13.3. The topological polar surface area (TPSA) is 43.2 Å². The Morgan fingerprint density at radius 3 is 1.04 bits per heavy atom. The van der Waals surface area contributed by atoms with Gasteiger partial charge in [-0.25, -0.2) is 0 Å². The van der Waals surface area contributed by atoms with E-state index in [0.717, 1.165) is 86.2 Å². The molecule has 274 valence electrons. The molecule has 0 aromatic rings. The largest absolute Gasteiger partial charge is 0.418 e. The first-order valence-electron chi connectivity index (χ1n) is 21.5. The summed E-state index contributed by atoms with van der Waals surface area (Å²) in [5, 5.41) is 0. The standard InChI is InChI=1S/C42H76N2O2Si2/c1-47(2,3)45-27-15-25-39(43-41-35-21-11-7-17-31(35)29-32-18-8-12-22-36(32)41)40(26-16-28-46-48(4,5)6)44-42-37-23-13-9-19-33(37)30-34-20-10-14-24-38(34)42/h31-38,41-42H,7-30H2,1-6H3. The van der Waals surface area contributed by atoms with Crippen molar-refractivity contribution in [2.24, 2.45) is 57.3 Å². The highest BCUT2D eigenvalue weighted by Gasteiger charge is 2.47. The number of nitrogens with zero attached hydrogens (tertiary/aromatic N) is 2. The summed E-state index contributed by atoms with van der Waals surface area (Å²) >= 11 is 0. The maximum atomic E-state index is 6.48. The summed E-state index contributed by atoms with van der Waals surface area (Å²) in [7, 11) is -3.09. The van der Waals surface area contributed by atoms with Crippen LogP contribution in [0.1, 0.15) is 141 Å². The Morgan fingerprint density at radius 2 is 0.750 bits per heavy atom. The molecule has 48 heavy (non-hydrogen) atoms. The van der Waals surface area contributed by atoms with E-state index in [2.05, 4.69) is 39.3 Å². The summed E-state index contributed by atoms with van der Waals surface area (Å²) in [6, 6.07) is 1.06. The molecule has 4 nitrogen and oxygen atoms in total. The second kappa shape index (κ2) is 17.0. The van der Waals surface area contributed by atoms with Crippen molar-refractivity contribution in [1.82, 2.24) is 0 Å². The average molecular weight is 697 g/mol. The van der Waals surface area contributed by atoms with Crippen LogP contribution in [0.2, 0.25) is 39.3 Å². The Balaban J connectivity index is 1.36. The summed E-state index contributed by atoms with van der Waals surface area (Å²) < 4.78 is 13.0. The fourth-order valence-corrected chi connectivity index (χ4v) is 13.4. The SMILES string of the molecule is C[Si](C)(C)OCCCC(=NC1C2CCCCC2CC2CCCCC21)C(CCCO[Si](C)(C)C)=NC1C2CCCCC2CC2CCCCC21. The van der Waals surface area contributed by atoms with Gasteiger partial charge >= 0.3 is 0 Å². The van der Waals surface area contributed by atoms with Crippen LogP contribution in [0.5, 0.6) is 0 Å². The van der Waals surface area contributed by atoms with Crippen LogP contribution in [0.4, 0.5) is 0 Å². The number of hydrogen-bond acceptors (Lipinski definition) is 4. The van der Waals surface area contributed by atoms with Gasteiger partial charge in [0.15, 0.2) is 16.6 Å². The molecule has 6 rings (SSSR count). The Hall–Kier alpha value is -0.306. The lowest BCUT2D eigenvalue weighted by Gasteiger charge is -2.50. The number of fused-ring (bicyclic) bond motifs is 4. The molecule has 6 saturated carbocycles. The van der Waals surface area contributed by atoms with E-state index in [1.165, 1.54) is 127 Å². The van der Waals surface area contributed by atoms with Crippen molar-refractivity contribution in [3.8, 4) is 0 Å². The van der Waals surface area contributed by atoms with Crippen molar-refractivity contribution in [3.05, 3.63) is 0 Å². The molecule has 0 amide bonds. The zero-order chi connectivity index (χ0) is 33.7. The molecular formula is C42H76N2O2Si2. The molecule has 0 heterocycles. The van der Waals surface area contributed by atoms with E-state index in [9.17, 15) is 0 Å². The Morgan fingerprint density at radius 1 is 0.458 bits per heavy atom. The molecule has 0 N–H and O–H groups in total. The molecule has 0 saturated heterocycles. The first kappa shape index (κ1) is 37.5. The second-order valence-corrected chi connectivity index (χ2v) is 28.6. The molecule has 0 bridgehead atoms. The second-order valence-electron chi connectivity index (χ2n) is 19.6. The molecule has 0 aromatic heterocycles. The van der Waals surface area contributed by atoms with Crippen molar-refractivity contribution >= 4 is 28.1 Å². The minimum Gasteiger partial charge on any atom is -0.418 e. The van der Waals surface area contributed by atoms with Crippen LogP contribution in [-0.2, 0) is 8.85 Å².